The summed E-state index contributed by atoms with van der Waals surface area (Å²) in [6.45, 7) is -0.639. The molecule has 0 aliphatic carbocycles. The van der Waals surface area contributed by atoms with Gasteiger partial charge < -0.3 is 31.5 Å². The van der Waals surface area contributed by atoms with Gasteiger partial charge in [0.1, 0.15) is 12.1 Å². The molecule has 19 heavy (non-hydrogen) atoms. The van der Waals surface area contributed by atoms with Gasteiger partial charge in [-0.2, -0.15) is 0 Å². The Morgan fingerprint density at radius 3 is 2.42 bits per heavy atom. The highest BCUT2D eigenvalue weighted by Gasteiger charge is 2.26. The third-order valence-electron chi connectivity index (χ3n) is 2.31. The first-order chi connectivity index (χ1) is 8.82. The van der Waals surface area contributed by atoms with Gasteiger partial charge in [-0.25, -0.2) is 0 Å². The number of amides is 1. The van der Waals surface area contributed by atoms with Gasteiger partial charge in [0.05, 0.1) is 0 Å². The topological polar surface area (TPSA) is 156 Å². The van der Waals surface area contributed by atoms with Crippen molar-refractivity contribution in [1.29, 1.82) is 0 Å². The highest BCUT2D eigenvalue weighted by molar-refractivity contribution is 5.81. The summed E-state index contributed by atoms with van der Waals surface area (Å²) in [6.07, 6.45) is -1.47. The quantitative estimate of drug-likeness (QED) is 0.321. The maximum Gasteiger partial charge on any atom is 0.326 e. The fourth-order valence-electron chi connectivity index (χ4n) is 1.30. The number of phenolic OH excluding ortho intramolecular Hbond substituents is 2. The smallest absolute Gasteiger partial charge is 0.326 e. The van der Waals surface area contributed by atoms with Crippen LogP contribution >= 0.6 is 0 Å². The van der Waals surface area contributed by atoms with Crippen LogP contribution in [0.25, 0.3) is 0 Å². The number of carbonyl (C=O) groups is 2. The predicted molar refractivity (Wildman–Crippen MR) is 62.9 cm³/mol. The van der Waals surface area contributed by atoms with Gasteiger partial charge in [-0.05, 0) is 17.7 Å². The molecular formula is C11H14N2O6. The van der Waals surface area contributed by atoms with Crippen molar-refractivity contribution in [2.24, 2.45) is 11.5 Å². The number of aliphatic hydroxyl groups excluding tert-OH is 1. The van der Waals surface area contributed by atoms with Crippen LogP contribution in [0, 0.1) is 0 Å². The zero-order valence-corrected chi connectivity index (χ0v) is 9.81. The SMILES string of the molecule is NC(=O)COC(=O)[C@@H](N)C(O)c1ccc(O)c(O)c1. The van der Waals surface area contributed by atoms with Crippen LogP contribution in [0.1, 0.15) is 11.7 Å². The highest BCUT2D eigenvalue weighted by atomic mass is 16.5. The second kappa shape index (κ2) is 6.03. The van der Waals surface area contributed by atoms with E-state index in [1.807, 2.05) is 0 Å². The van der Waals surface area contributed by atoms with E-state index in [2.05, 4.69) is 4.74 Å². The summed E-state index contributed by atoms with van der Waals surface area (Å²) in [5, 5.41) is 28.2. The Balaban J connectivity index is 2.75. The molecule has 104 valence electrons. The number of aromatic hydroxyl groups is 2. The molecule has 2 atom stereocenters. The molecule has 1 aromatic rings. The van der Waals surface area contributed by atoms with E-state index in [0.29, 0.717) is 0 Å². The summed E-state index contributed by atoms with van der Waals surface area (Å²) < 4.78 is 4.45. The molecule has 0 heterocycles. The van der Waals surface area contributed by atoms with Gasteiger partial charge in [-0.1, -0.05) is 6.07 Å². The Kier molecular flexibility index (Phi) is 4.67. The van der Waals surface area contributed by atoms with Crippen LogP contribution in [0.2, 0.25) is 0 Å². The lowest BCUT2D eigenvalue weighted by Gasteiger charge is -2.17. The summed E-state index contributed by atoms with van der Waals surface area (Å²) in [5.41, 5.74) is 10.3. The molecule has 0 aliphatic heterocycles. The number of hydrogen-bond donors (Lipinski definition) is 5. The van der Waals surface area contributed by atoms with Gasteiger partial charge in [-0.3, -0.25) is 9.59 Å². The Morgan fingerprint density at radius 1 is 1.26 bits per heavy atom. The van der Waals surface area contributed by atoms with E-state index in [9.17, 15) is 19.8 Å². The Hall–Kier alpha value is -2.32. The molecule has 0 bridgehead atoms. The van der Waals surface area contributed by atoms with E-state index in [4.69, 9.17) is 16.6 Å². The van der Waals surface area contributed by atoms with Gasteiger partial charge in [0, 0.05) is 0 Å². The molecule has 0 fully saturated rings. The lowest BCUT2D eigenvalue weighted by atomic mass is 10.0. The summed E-state index contributed by atoms with van der Waals surface area (Å²) in [7, 11) is 0. The Morgan fingerprint density at radius 2 is 1.89 bits per heavy atom. The van der Waals surface area contributed by atoms with Crippen molar-refractivity contribution in [1.82, 2.24) is 0 Å². The minimum atomic E-state index is -1.47. The van der Waals surface area contributed by atoms with E-state index in [-0.39, 0.29) is 11.3 Å². The van der Waals surface area contributed by atoms with Crippen molar-refractivity contribution < 1.29 is 29.6 Å². The van der Waals surface area contributed by atoms with E-state index >= 15 is 0 Å². The van der Waals surface area contributed by atoms with Crippen molar-refractivity contribution in [2.45, 2.75) is 12.1 Å². The van der Waals surface area contributed by atoms with Crippen molar-refractivity contribution in [2.75, 3.05) is 6.61 Å². The van der Waals surface area contributed by atoms with Gasteiger partial charge in [0.15, 0.2) is 18.1 Å². The second-order valence-electron chi connectivity index (χ2n) is 3.79. The maximum atomic E-state index is 11.4. The first kappa shape index (κ1) is 14.7. The molecule has 0 aliphatic rings. The Bertz CT molecular complexity index is 490. The number of hydrogen-bond acceptors (Lipinski definition) is 7. The number of ether oxygens (including phenoxy) is 1. The van der Waals surface area contributed by atoms with Gasteiger partial charge in [0.25, 0.3) is 5.91 Å². The van der Waals surface area contributed by atoms with E-state index < -0.39 is 36.4 Å². The monoisotopic (exact) mass is 270 g/mol. The van der Waals surface area contributed by atoms with Crippen LogP contribution in [0.5, 0.6) is 11.5 Å². The first-order valence-electron chi connectivity index (χ1n) is 5.23. The van der Waals surface area contributed by atoms with Crippen LogP contribution in [-0.2, 0) is 14.3 Å². The highest BCUT2D eigenvalue weighted by Crippen LogP contribution is 2.28. The number of nitrogens with two attached hydrogens (primary N) is 2. The number of primary amides is 1. The second-order valence-corrected chi connectivity index (χ2v) is 3.79. The largest absolute Gasteiger partial charge is 0.504 e. The maximum absolute atomic E-state index is 11.4. The molecule has 8 heteroatoms. The van der Waals surface area contributed by atoms with Crippen molar-refractivity contribution in [3.63, 3.8) is 0 Å². The molecule has 0 spiro atoms. The fraction of sp³-hybridized carbons (Fsp3) is 0.273. The van der Waals surface area contributed by atoms with Crippen LogP contribution in [-0.4, -0.2) is 39.8 Å². The predicted octanol–water partition coefficient (Wildman–Crippen LogP) is -1.51. The van der Waals surface area contributed by atoms with Crippen LogP contribution < -0.4 is 11.5 Å². The number of esters is 1. The van der Waals surface area contributed by atoms with Crippen LogP contribution in [0.15, 0.2) is 18.2 Å². The van der Waals surface area contributed by atoms with Crippen molar-refractivity contribution in [3.8, 4) is 11.5 Å². The van der Waals surface area contributed by atoms with E-state index in [1.54, 1.807) is 0 Å². The molecule has 8 nitrogen and oxygen atoms in total. The minimum Gasteiger partial charge on any atom is -0.504 e. The fourth-order valence-corrected chi connectivity index (χ4v) is 1.30. The average Bonchev–Trinajstić information content (AvgIpc) is 2.37. The van der Waals surface area contributed by atoms with E-state index in [1.165, 1.54) is 6.07 Å². The lowest BCUT2D eigenvalue weighted by Crippen LogP contribution is -2.39. The summed E-state index contributed by atoms with van der Waals surface area (Å²) in [5.74, 6) is -2.70. The van der Waals surface area contributed by atoms with Gasteiger partial charge >= 0.3 is 5.97 Å². The van der Waals surface area contributed by atoms with E-state index in [0.717, 1.165) is 12.1 Å². The third kappa shape index (κ3) is 3.83. The van der Waals surface area contributed by atoms with Crippen molar-refractivity contribution in [3.05, 3.63) is 23.8 Å². The number of carbonyl (C=O) groups excluding carboxylic acids is 2. The molecule has 7 N–H and O–H groups in total. The molecule has 0 aromatic heterocycles. The minimum absolute atomic E-state index is 0.110. The summed E-state index contributed by atoms with van der Waals surface area (Å²) in [4.78, 5) is 21.8. The van der Waals surface area contributed by atoms with Crippen LogP contribution in [0.3, 0.4) is 0 Å². The lowest BCUT2D eigenvalue weighted by molar-refractivity contribution is -0.151. The molecule has 1 amide bonds. The molecule has 1 aromatic carbocycles. The number of benzene rings is 1. The standard InChI is InChI=1S/C11H14N2O6/c12-8(16)4-19-11(18)9(13)10(17)5-1-2-6(14)7(15)3-5/h1-3,9-10,14-15,17H,4,13H2,(H2,12,16)/t9-,10?/m0/s1. The summed E-state index contributed by atoms with van der Waals surface area (Å²) >= 11 is 0. The molecule has 0 radical (unpaired) electrons. The summed E-state index contributed by atoms with van der Waals surface area (Å²) in [6, 6.07) is 2.01. The third-order valence-corrected chi connectivity index (χ3v) is 2.31. The zero-order valence-electron chi connectivity index (χ0n) is 9.81. The average molecular weight is 270 g/mol. The molecule has 1 unspecified atom stereocenters. The number of phenols is 2. The number of aliphatic hydroxyl groups is 1. The van der Waals surface area contributed by atoms with Gasteiger partial charge in [-0.15, -0.1) is 0 Å². The van der Waals surface area contributed by atoms with Crippen molar-refractivity contribution >= 4 is 11.9 Å². The molecule has 0 saturated carbocycles. The molecule has 1 rings (SSSR count). The normalized spacial score (nSPS) is 13.6. The Labute approximate surface area is 108 Å². The van der Waals surface area contributed by atoms with Gasteiger partial charge in [0.2, 0.25) is 0 Å². The zero-order chi connectivity index (χ0) is 14.6. The molecular weight excluding hydrogens is 256 g/mol. The molecule has 0 saturated heterocycles. The number of rotatable bonds is 5. The first-order valence-corrected chi connectivity index (χ1v) is 5.23. The van der Waals surface area contributed by atoms with Crippen LogP contribution in [0.4, 0.5) is 0 Å².